The van der Waals surface area contributed by atoms with Gasteiger partial charge in [0.15, 0.2) is 0 Å². The first-order valence-electron chi connectivity index (χ1n) is 10.2. The maximum Gasteiger partial charge on any atom is 0.340 e. The molecule has 0 radical (unpaired) electrons. The summed E-state index contributed by atoms with van der Waals surface area (Å²) in [4.78, 5) is 12.5. The summed E-state index contributed by atoms with van der Waals surface area (Å²) in [6, 6.07) is 5.73. The third-order valence-electron chi connectivity index (χ3n) is 6.57. The summed E-state index contributed by atoms with van der Waals surface area (Å²) in [5.74, 6) is 0.737. The molecule has 0 amide bonds. The van der Waals surface area contributed by atoms with E-state index in [1.54, 1.807) is 19.9 Å². The molecular weight excluding hydrogens is 368 g/mol. The molecule has 2 aliphatic rings. The first kappa shape index (κ1) is 20.2. The lowest BCUT2D eigenvalue weighted by molar-refractivity contribution is -0.206. The van der Waals surface area contributed by atoms with Crippen LogP contribution >= 0.6 is 0 Å². The molecule has 0 aliphatic carbocycles. The second kappa shape index (κ2) is 6.44. The van der Waals surface area contributed by atoms with Gasteiger partial charge in [0.05, 0.1) is 11.7 Å². The molecule has 0 spiro atoms. The largest absolute Gasteiger partial charge is 0.484 e. The van der Waals surface area contributed by atoms with Crippen molar-refractivity contribution in [2.24, 2.45) is 0 Å². The average Bonchev–Trinajstić information content (AvgIpc) is 2.62. The first-order chi connectivity index (χ1) is 13.4. The van der Waals surface area contributed by atoms with Crippen LogP contribution in [0.3, 0.4) is 0 Å². The summed E-state index contributed by atoms with van der Waals surface area (Å²) in [5.41, 5.74) is -0.0638. The van der Waals surface area contributed by atoms with Crippen LogP contribution in [0.1, 0.15) is 58.6 Å². The van der Waals surface area contributed by atoms with Gasteiger partial charge >= 0.3 is 5.63 Å². The average molecular weight is 398 g/mol. The molecule has 0 saturated carbocycles. The molecule has 5 nitrogen and oxygen atoms in total. The van der Waals surface area contributed by atoms with Gasteiger partial charge in [-0.1, -0.05) is 19.9 Å². The molecular formula is C24H30O5. The third kappa shape index (κ3) is 3.40. The van der Waals surface area contributed by atoms with Gasteiger partial charge in [0.2, 0.25) is 0 Å². The standard InChI is InChI=1S/C24H30O5/c1-7-22(2,3)16-11-14-10-15-12-20-24(6,9-8-19(28-20)23(4,5)26)29-18(15)13-17(14)27-21(16)25/h7,10-11,13,19-20,26H,1,8-9,12H2,2-6H3/t19-,20-,24+/m1/s1. The van der Waals surface area contributed by atoms with E-state index >= 15 is 0 Å². The number of hydrogen-bond donors (Lipinski definition) is 1. The van der Waals surface area contributed by atoms with Crippen LogP contribution in [0, 0.1) is 0 Å². The van der Waals surface area contributed by atoms with Crippen molar-refractivity contribution in [1.29, 1.82) is 0 Å². The van der Waals surface area contributed by atoms with E-state index in [1.165, 1.54) is 0 Å². The van der Waals surface area contributed by atoms with Crippen molar-refractivity contribution in [1.82, 2.24) is 0 Å². The topological polar surface area (TPSA) is 68.9 Å². The fourth-order valence-electron chi connectivity index (χ4n) is 4.35. The quantitative estimate of drug-likeness (QED) is 0.618. The molecule has 156 valence electrons. The Morgan fingerprint density at radius 3 is 2.62 bits per heavy atom. The van der Waals surface area contributed by atoms with Crippen LogP contribution < -0.4 is 10.4 Å². The summed E-state index contributed by atoms with van der Waals surface area (Å²) in [6.07, 6.45) is 3.61. The van der Waals surface area contributed by atoms with Crippen molar-refractivity contribution in [2.45, 2.75) is 82.7 Å². The van der Waals surface area contributed by atoms with E-state index in [9.17, 15) is 9.90 Å². The van der Waals surface area contributed by atoms with Crippen molar-refractivity contribution in [3.63, 3.8) is 0 Å². The van der Waals surface area contributed by atoms with Crippen LogP contribution in [-0.4, -0.2) is 28.5 Å². The monoisotopic (exact) mass is 398 g/mol. The lowest BCUT2D eigenvalue weighted by Gasteiger charge is -2.49. The van der Waals surface area contributed by atoms with Gasteiger partial charge in [0.25, 0.3) is 0 Å². The van der Waals surface area contributed by atoms with E-state index in [0.29, 0.717) is 17.6 Å². The van der Waals surface area contributed by atoms with E-state index in [0.717, 1.165) is 29.5 Å². The molecule has 5 heteroatoms. The Bertz CT molecular complexity index is 1030. The van der Waals surface area contributed by atoms with Gasteiger partial charge in [0.1, 0.15) is 23.0 Å². The van der Waals surface area contributed by atoms with E-state index in [4.69, 9.17) is 13.9 Å². The second-order valence-electron chi connectivity index (χ2n) is 9.80. The Morgan fingerprint density at radius 1 is 1.24 bits per heavy atom. The molecule has 3 atom stereocenters. The van der Waals surface area contributed by atoms with E-state index in [2.05, 4.69) is 13.5 Å². The normalized spacial score (nSPS) is 27.1. The molecule has 1 aromatic heterocycles. The smallest absolute Gasteiger partial charge is 0.340 e. The maximum atomic E-state index is 12.5. The minimum absolute atomic E-state index is 0.141. The van der Waals surface area contributed by atoms with Gasteiger partial charge in [0, 0.05) is 28.9 Å². The Balaban J connectivity index is 1.75. The highest BCUT2D eigenvalue weighted by atomic mass is 16.6. The first-order valence-corrected chi connectivity index (χ1v) is 10.2. The van der Waals surface area contributed by atoms with E-state index < -0.39 is 16.6 Å². The van der Waals surface area contributed by atoms with Crippen molar-refractivity contribution in [2.75, 3.05) is 0 Å². The van der Waals surface area contributed by atoms with Crippen LogP contribution in [0.2, 0.25) is 0 Å². The van der Waals surface area contributed by atoms with Gasteiger partial charge in [-0.15, -0.1) is 6.58 Å². The molecule has 1 aromatic carbocycles. The highest BCUT2D eigenvalue weighted by molar-refractivity contribution is 5.80. The molecule has 0 unspecified atom stereocenters. The van der Waals surface area contributed by atoms with Crippen LogP contribution in [0.4, 0.5) is 0 Å². The minimum atomic E-state index is -0.889. The van der Waals surface area contributed by atoms with Gasteiger partial charge in [-0.3, -0.25) is 0 Å². The highest BCUT2D eigenvalue weighted by Crippen LogP contribution is 2.44. The lowest BCUT2D eigenvalue weighted by atomic mass is 9.80. The van der Waals surface area contributed by atoms with Crippen molar-refractivity contribution in [3.8, 4) is 5.75 Å². The number of benzene rings is 1. The molecule has 1 N–H and O–H groups in total. The molecule has 29 heavy (non-hydrogen) atoms. The second-order valence-corrected chi connectivity index (χ2v) is 9.80. The predicted octanol–water partition coefficient (Wildman–Crippen LogP) is 4.27. The zero-order valence-corrected chi connectivity index (χ0v) is 17.9. The number of hydrogen-bond acceptors (Lipinski definition) is 5. The van der Waals surface area contributed by atoms with Crippen molar-refractivity contribution in [3.05, 3.63) is 52.4 Å². The fourth-order valence-corrected chi connectivity index (χ4v) is 4.35. The molecule has 1 fully saturated rings. The van der Waals surface area contributed by atoms with Gasteiger partial charge in [-0.25, -0.2) is 4.79 Å². The molecule has 4 rings (SSSR count). The van der Waals surface area contributed by atoms with E-state index in [1.807, 2.05) is 32.0 Å². The van der Waals surface area contributed by atoms with Crippen LogP contribution in [0.25, 0.3) is 11.0 Å². The Kier molecular flexibility index (Phi) is 4.48. The fraction of sp³-hybridized carbons (Fsp3) is 0.542. The molecule has 3 heterocycles. The Labute approximate surface area is 171 Å². The molecule has 2 aromatic rings. The number of ether oxygens (including phenoxy) is 2. The number of aliphatic hydroxyl groups is 1. The summed E-state index contributed by atoms with van der Waals surface area (Å²) in [5, 5.41) is 11.3. The Morgan fingerprint density at radius 2 is 1.97 bits per heavy atom. The summed E-state index contributed by atoms with van der Waals surface area (Å²) in [7, 11) is 0. The zero-order valence-electron chi connectivity index (χ0n) is 17.9. The zero-order chi connectivity index (χ0) is 21.2. The summed E-state index contributed by atoms with van der Waals surface area (Å²) < 4.78 is 18.3. The lowest BCUT2D eigenvalue weighted by Crippen LogP contribution is -2.58. The number of allylic oxidation sites excluding steroid dienone is 1. The molecule has 0 bridgehead atoms. The van der Waals surface area contributed by atoms with Gasteiger partial charge in [-0.2, -0.15) is 0 Å². The minimum Gasteiger partial charge on any atom is -0.484 e. The summed E-state index contributed by atoms with van der Waals surface area (Å²) in [6.45, 7) is 13.4. The van der Waals surface area contributed by atoms with Crippen LogP contribution in [0.5, 0.6) is 5.75 Å². The number of rotatable bonds is 3. The van der Waals surface area contributed by atoms with Gasteiger partial charge < -0.3 is 19.0 Å². The SMILES string of the molecule is C=CC(C)(C)c1cc2cc3c(cc2oc1=O)O[C@@]1(C)CC[C@H](C(C)(C)O)O[C@@H]1C3. The highest BCUT2D eigenvalue weighted by Gasteiger charge is 2.49. The summed E-state index contributed by atoms with van der Waals surface area (Å²) >= 11 is 0. The van der Waals surface area contributed by atoms with Crippen LogP contribution in [0.15, 0.2) is 40.1 Å². The Hall–Kier alpha value is -2.11. The van der Waals surface area contributed by atoms with E-state index in [-0.39, 0.29) is 17.8 Å². The van der Waals surface area contributed by atoms with Gasteiger partial charge in [-0.05, 0) is 51.3 Å². The maximum absolute atomic E-state index is 12.5. The van der Waals surface area contributed by atoms with Crippen molar-refractivity contribution < 1.29 is 19.0 Å². The predicted molar refractivity (Wildman–Crippen MR) is 113 cm³/mol. The third-order valence-corrected chi connectivity index (χ3v) is 6.57. The molecule has 1 saturated heterocycles. The van der Waals surface area contributed by atoms with Crippen LogP contribution in [-0.2, 0) is 16.6 Å². The van der Waals surface area contributed by atoms with Crippen molar-refractivity contribution >= 4 is 11.0 Å². The molecule has 2 aliphatic heterocycles. The number of fused-ring (bicyclic) bond motifs is 3.